The maximum absolute atomic E-state index is 5.81. The number of fused-ring (bicyclic) bond motifs is 1. The molecule has 0 amide bonds. The summed E-state index contributed by atoms with van der Waals surface area (Å²) in [7, 11) is 3.27. The van der Waals surface area contributed by atoms with Crippen LogP contribution in [0.4, 0.5) is 0 Å². The zero-order valence-electron chi connectivity index (χ0n) is 11.5. The van der Waals surface area contributed by atoms with Crippen molar-refractivity contribution in [2.75, 3.05) is 20.1 Å². The Hall–Kier alpha value is -1.48. The van der Waals surface area contributed by atoms with Gasteiger partial charge in [-0.2, -0.15) is 0 Å². The standard InChI is InChI=1S/C15H18ClO3/c1-10-7-11-8-14(17-2)15(18-3)9-12(11)13(19-10)5-4-6-16/h7-9H,4-6H2,1-3H3/q+1. The molecule has 0 N–H and O–H groups in total. The Balaban J connectivity index is 2.61. The molecular weight excluding hydrogens is 264 g/mol. The number of rotatable bonds is 5. The van der Waals surface area contributed by atoms with Crippen LogP contribution in [0.25, 0.3) is 10.8 Å². The minimum atomic E-state index is 0.623. The molecule has 102 valence electrons. The fourth-order valence-corrected chi connectivity index (χ4v) is 2.30. The smallest absolute Gasteiger partial charge is 0.337 e. The van der Waals surface area contributed by atoms with Crippen molar-refractivity contribution < 1.29 is 13.9 Å². The van der Waals surface area contributed by atoms with Crippen LogP contribution in [-0.4, -0.2) is 20.1 Å². The van der Waals surface area contributed by atoms with Gasteiger partial charge in [-0.1, -0.05) is 0 Å². The van der Waals surface area contributed by atoms with Crippen molar-refractivity contribution in [1.82, 2.24) is 0 Å². The highest BCUT2D eigenvalue weighted by molar-refractivity contribution is 6.17. The second-order valence-electron chi connectivity index (χ2n) is 4.37. The van der Waals surface area contributed by atoms with Crippen molar-refractivity contribution in [3.05, 3.63) is 29.7 Å². The molecule has 4 heteroatoms. The van der Waals surface area contributed by atoms with E-state index < -0.39 is 0 Å². The maximum Gasteiger partial charge on any atom is 0.337 e. The van der Waals surface area contributed by atoms with Crippen LogP contribution in [0.5, 0.6) is 11.5 Å². The molecule has 0 saturated heterocycles. The summed E-state index contributed by atoms with van der Waals surface area (Å²) in [5.74, 6) is 3.88. The van der Waals surface area contributed by atoms with Gasteiger partial charge in [-0.25, -0.2) is 4.42 Å². The average Bonchev–Trinajstić information content (AvgIpc) is 2.43. The van der Waals surface area contributed by atoms with Gasteiger partial charge in [-0.15, -0.1) is 11.6 Å². The molecule has 1 aromatic heterocycles. The Kier molecular flexibility index (Phi) is 4.48. The average molecular weight is 282 g/mol. The number of ether oxygens (including phenoxy) is 2. The number of aryl methyl sites for hydroxylation is 2. The minimum Gasteiger partial charge on any atom is -0.493 e. The van der Waals surface area contributed by atoms with Gasteiger partial charge in [0.1, 0.15) is 0 Å². The molecule has 1 aromatic carbocycles. The summed E-state index contributed by atoms with van der Waals surface area (Å²) in [6, 6.07) is 5.93. The van der Waals surface area contributed by atoms with Crippen molar-refractivity contribution >= 4 is 22.4 Å². The van der Waals surface area contributed by atoms with Crippen molar-refractivity contribution in [3.8, 4) is 11.5 Å². The lowest BCUT2D eigenvalue weighted by atomic mass is 10.1. The SMILES string of the molecule is COc1cc2cc(C)[o+]c(CCCCl)c2cc1OC. The maximum atomic E-state index is 5.81. The monoisotopic (exact) mass is 281 g/mol. The molecule has 2 rings (SSSR count). The molecule has 0 bridgehead atoms. The topological polar surface area (TPSA) is 29.8 Å². The molecule has 0 atom stereocenters. The Labute approximate surface area is 118 Å². The predicted molar refractivity (Wildman–Crippen MR) is 77.5 cm³/mol. The molecule has 0 saturated carbocycles. The largest absolute Gasteiger partial charge is 0.493 e. The number of methoxy groups -OCH3 is 2. The third-order valence-corrected chi connectivity index (χ3v) is 3.30. The normalized spacial score (nSPS) is 10.7. The fraction of sp³-hybridized carbons (Fsp3) is 0.400. The van der Waals surface area contributed by atoms with Crippen LogP contribution >= 0.6 is 11.6 Å². The van der Waals surface area contributed by atoms with E-state index in [2.05, 4.69) is 0 Å². The zero-order valence-corrected chi connectivity index (χ0v) is 12.2. The number of hydrogen-bond donors (Lipinski definition) is 0. The first kappa shape index (κ1) is 13.9. The molecule has 1 heterocycles. The molecule has 0 aliphatic carbocycles. The van der Waals surface area contributed by atoms with Gasteiger partial charge in [0, 0.05) is 23.4 Å². The Morgan fingerprint density at radius 1 is 1.11 bits per heavy atom. The molecule has 0 aliphatic rings. The lowest BCUT2D eigenvalue weighted by molar-refractivity contribution is 0.355. The Morgan fingerprint density at radius 3 is 2.42 bits per heavy atom. The highest BCUT2D eigenvalue weighted by Gasteiger charge is 2.19. The first-order valence-electron chi connectivity index (χ1n) is 6.24. The van der Waals surface area contributed by atoms with E-state index in [0.717, 1.165) is 40.9 Å². The van der Waals surface area contributed by atoms with Crippen LogP contribution in [-0.2, 0) is 6.42 Å². The van der Waals surface area contributed by atoms with E-state index >= 15 is 0 Å². The third-order valence-electron chi connectivity index (χ3n) is 3.04. The lowest BCUT2D eigenvalue weighted by Gasteiger charge is -2.08. The fourth-order valence-electron chi connectivity index (χ4n) is 2.17. The van der Waals surface area contributed by atoms with Crippen LogP contribution in [0.2, 0.25) is 0 Å². The van der Waals surface area contributed by atoms with Gasteiger partial charge in [0.15, 0.2) is 11.5 Å². The number of benzene rings is 1. The van der Waals surface area contributed by atoms with Crippen LogP contribution in [0.15, 0.2) is 22.6 Å². The van der Waals surface area contributed by atoms with Gasteiger partial charge in [0.25, 0.3) is 0 Å². The first-order valence-corrected chi connectivity index (χ1v) is 6.77. The minimum absolute atomic E-state index is 0.623. The number of hydrogen-bond acceptors (Lipinski definition) is 2. The van der Waals surface area contributed by atoms with Crippen molar-refractivity contribution in [2.45, 2.75) is 19.8 Å². The van der Waals surface area contributed by atoms with E-state index in [0.29, 0.717) is 11.6 Å². The van der Waals surface area contributed by atoms with E-state index in [-0.39, 0.29) is 0 Å². The third kappa shape index (κ3) is 2.92. The summed E-state index contributed by atoms with van der Waals surface area (Å²) >= 11 is 5.76. The first-order chi connectivity index (χ1) is 9.19. The molecule has 0 spiro atoms. The van der Waals surface area contributed by atoms with Gasteiger partial charge >= 0.3 is 11.5 Å². The van der Waals surface area contributed by atoms with E-state index in [1.165, 1.54) is 0 Å². The van der Waals surface area contributed by atoms with Crippen LogP contribution in [0.3, 0.4) is 0 Å². The highest BCUT2D eigenvalue weighted by Crippen LogP contribution is 2.34. The number of alkyl halides is 1. The van der Waals surface area contributed by atoms with Crippen molar-refractivity contribution in [3.63, 3.8) is 0 Å². The van der Waals surface area contributed by atoms with Gasteiger partial charge in [-0.3, -0.25) is 0 Å². The molecule has 2 aromatic rings. The number of halogens is 1. The van der Waals surface area contributed by atoms with E-state index in [4.69, 9.17) is 25.5 Å². The van der Waals surface area contributed by atoms with E-state index in [1.54, 1.807) is 14.2 Å². The van der Waals surface area contributed by atoms with Crippen molar-refractivity contribution in [1.29, 1.82) is 0 Å². The summed E-state index contributed by atoms with van der Waals surface area (Å²) in [5, 5.41) is 2.14. The summed E-state index contributed by atoms with van der Waals surface area (Å²) in [6.45, 7) is 1.94. The molecule has 19 heavy (non-hydrogen) atoms. The molecule has 0 fully saturated rings. The highest BCUT2D eigenvalue weighted by atomic mass is 35.5. The summed E-state index contributed by atoms with van der Waals surface area (Å²) in [6.07, 6.45) is 1.70. The quantitative estimate of drug-likeness (QED) is 0.607. The second kappa shape index (κ2) is 6.11. The summed E-state index contributed by atoms with van der Waals surface area (Å²) in [4.78, 5) is 0. The molecule has 0 radical (unpaired) electrons. The summed E-state index contributed by atoms with van der Waals surface area (Å²) in [5.41, 5.74) is 0. The second-order valence-corrected chi connectivity index (χ2v) is 4.75. The van der Waals surface area contributed by atoms with Crippen LogP contribution in [0.1, 0.15) is 17.9 Å². The molecule has 0 aliphatic heterocycles. The lowest BCUT2D eigenvalue weighted by Crippen LogP contribution is -1.94. The van der Waals surface area contributed by atoms with E-state index in [1.807, 2.05) is 25.1 Å². The molecular formula is C15H18ClO3+. The molecule has 0 unspecified atom stereocenters. The van der Waals surface area contributed by atoms with Gasteiger partial charge < -0.3 is 9.47 Å². The van der Waals surface area contributed by atoms with Crippen LogP contribution < -0.4 is 9.47 Å². The predicted octanol–water partition coefficient (Wildman–Crippen LogP) is 4.21. The zero-order chi connectivity index (χ0) is 13.8. The van der Waals surface area contributed by atoms with Gasteiger partial charge in [0.05, 0.1) is 33.0 Å². The van der Waals surface area contributed by atoms with E-state index in [9.17, 15) is 0 Å². The Morgan fingerprint density at radius 2 is 1.79 bits per heavy atom. The molecule has 3 nitrogen and oxygen atoms in total. The summed E-state index contributed by atoms with van der Waals surface area (Å²) < 4.78 is 16.5. The van der Waals surface area contributed by atoms with Crippen LogP contribution in [0, 0.1) is 6.92 Å². The van der Waals surface area contributed by atoms with Gasteiger partial charge in [-0.05, 0) is 12.5 Å². The van der Waals surface area contributed by atoms with Crippen molar-refractivity contribution in [2.24, 2.45) is 0 Å². The van der Waals surface area contributed by atoms with Gasteiger partial charge in [0.2, 0.25) is 0 Å². The Bertz CT molecular complexity index is 581.